The Balaban J connectivity index is -0.00000242. The van der Waals surface area contributed by atoms with Crippen molar-refractivity contribution in [3.8, 4) is 0 Å². The van der Waals surface area contributed by atoms with Crippen molar-refractivity contribution in [3.63, 3.8) is 0 Å². The van der Waals surface area contributed by atoms with E-state index in [0.717, 1.165) is 12.8 Å². The summed E-state index contributed by atoms with van der Waals surface area (Å²) in [6, 6.07) is 0. The van der Waals surface area contributed by atoms with E-state index in [0.29, 0.717) is 6.42 Å². The van der Waals surface area contributed by atoms with Gasteiger partial charge in [0, 0.05) is 12.0 Å². The zero-order valence-corrected chi connectivity index (χ0v) is 20.1. The van der Waals surface area contributed by atoms with Crippen LogP contribution in [0.25, 0.3) is 0 Å². The number of carbonyl (C=O) groups is 1. The fourth-order valence-corrected chi connectivity index (χ4v) is 2.81. The number of carbonyl (C=O) groups excluding carboxylic acids is 1. The van der Waals surface area contributed by atoms with E-state index < -0.39 is 0 Å². The minimum absolute atomic E-state index is 0. The van der Waals surface area contributed by atoms with Crippen molar-refractivity contribution in [2.75, 3.05) is 0 Å². The molecule has 3 heteroatoms. The van der Waals surface area contributed by atoms with Crippen LogP contribution in [0.4, 0.5) is 0 Å². The van der Waals surface area contributed by atoms with Crippen LogP contribution < -0.4 is 5.32 Å². The number of nitrogens with one attached hydrogen (secondary N) is 1. The normalized spacial score (nSPS) is 10.7. The van der Waals surface area contributed by atoms with Crippen molar-refractivity contribution in [1.29, 1.82) is 0 Å². The summed E-state index contributed by atoms with van der Waals surface area (Å²) < 4.78 is 0. The molecule has 0 aromatic heterocycles. The van der Waals surface area contributed by atoms with Gasteiger partial charge in [-0.1, -0.05) is 84.0 Å². The molecule has 0 saturated carbocycles. The number of amides is 1. The van der Waals surface area contributed by atoms with E-state index in [1.54, 1.807) is 0 Å². The van der Waals surface area contributed by atoms with Crippen LogP contribution in [0.15, 0.2) is 0 Å². The number of hydrogen-bond donors (Lipinski definition) is 1. The Morgan fingerprint density at radius 1 is 0.800 bits per heavy atom. The third kappa shape index (κ3) is 22.1. The average Bonchev–Trinajstić information content (AvgIpc) is 2.51. The maximum absolute atomic E-state index is 11.8. The molecule has 2 nitrogen and oxygen atoms in total. The van der Waals surface area contributed by atoms with Gasteiger partial charge in [0.05, 0.1) is 0 Å². The van der Waals surface area contributed by atoms with Gasteiger partial charge >= 0.3 is 19.8 Å². The van der Waals surface area contributed by atoms with E-state index in [-0.39, 0.29) is 38.7 Å². The molecule has 0 unspecified atom stereocenters. The van der Waals surface area contributed by atoms with Crippen molar-refractivity contribution in [3.05, 3.63) is 14.4 Å². The molecule has 0 heterocycles. The summed E-state index contributed by atoms with van der Waals surface area (Å²) in [6.45, 7) is 10.2. The monoisotopic (exact) mass is 531 g/mol. The summed E-state index contributed by atoms with van der Waals surface area (Å²) in [5.74, 6) is 0.182. The predicted molar refractivity (Wildman–Crippen MR) is 109 cm³/mol. The summed E-state index contributed by atoms with van der Waals surface area (Å²) in [6.07, 6.45) is 18.9. The first-order chi connectivity index (χ1) is 11.0. The molecule has 0 spiro atoms. The molecule has 0 rings (SSSR count). The molecule has 0 aliphatic carbocycles. The van der Waals surface area contributed by atoms with Crippen molar-refractivity contribution >= 4 is 5.91 Å². The summed E-state index contributed by atoms with van der Waals surface area (Å²) in [5, 5.41) is 3.05. The van der Waals surface area contributed by atoms with E-state index in [2.05, 4.69) is 19.2 Å². The van der Waals surface area contributed by atoms with Gasteiger partial charge in [-0.3, -0.25) is 4.79 Å². The molecule has 0 aromatic rings. The smallest absolute Gasteiger partial charge is 0.358 e. The van der Waals surface area contributed by atoms with E-state index >= 15 is 0 Å². The molecule has 0 saturated heterocycles. The van der Waals surface area contributed by atoms with Crippen LogP contribution in [-0.4, -0.2) is 11.4 Å². The second-order valence-electron chi connectivity index (χ2n) is 7.67. The molecule has 25 heavy (non-hydrogen) atoms. The minimum Gasteiger partial charge on any atom is -0.358 e. The van der Waals surface area contributed by atoms with Gasteiger partial charge in [-0.05, 0) is 20.3 Å². The zero-order chi connectivity index (χ0) is 17.4. The van der Waals surface area contributed by atoms with E-state index in [4.69, 9.17) is 0 Å². The third-order valence-corrected chi connectivity index (χ3v) is 4.61. The maximum atomic E-state index is 11.8. The first-order valence-corrected chi connectivity index (χ1v) is 10.1. The molecule has 0 bridgehead atoms. The Bertz CT molecular complexity index is 279. The van der Waals surface area contributed by atoms with Crippen LogP contribution in [0.1, 0.15) is 117 Å². The summed E-state index contributed by atoms with van der Waals surface area (Å²) in [5.41, 5.74) is -0.159. The zero-order valence-electron chi connectivity index (χ0n) is 17.6. The van der Waals surface area contributed by atoms with E-state index in [9.17, 15) is 4.79 Å². The Morgan fingerprint density at radius 2 is 1.16 bits per heavy atom. The summed E-state index contributed by atoms with van der Waals surface area (Å²) >= 11 is 0. The fraction of sp³-hybridized carbons (Fsp3) is 0.864. The quantitative estimate of drug-likeness (QED) is 0.169. The third-order valence-electron chi connectivity index (χ3n) is 4.61. The number of unbranched alkanes of at least 4 members (excludes halogenated alkanes) is 12. The van der Waals surface area contributed by atoms with E-state index in [1.807, 2.05) is 13.8 Å². The van der Waals surface area contributed by atoms with E-state index in [1.165, 1.54) is 77.0 Å². The summed E-state index contributed by atoms with van der Waals surface area (Å²) in [4.78, 5) is 11.8. The molecule has 0 atom stereocenters. The molecule has 1 N–H and O–H groups in total. The van der Waals surface area contributed by atoms with Gasteiger partial charge in [0.25, 0.3) is 0 Å². The van der Waals surface area contributed by atoms with Crippen molar-refractivity contribution in [2.24, 2.45) is 0 Å². The molecule has 0 radical (unpaired) electrons. The Labute approximate surface area is 172 Å². The average molecular weight is 530 g/mol. The van der Waals surface area contributed by atoms with Gasteiger partial charge in [0.15, 0.2) is 0 Å². The second-order valence-corrected chi connectivity index (χ2v) is 7.67. The van der Waals surface area contributed by atoms with Gasteiger partial charge in [-0.15, -0.1) is 0 Å². The summed E-state index contributed by atoms with van der Waals surface area (Å²) in [7, 11) is 0. The van der Waals surface area contributed by atoms with Crippen LogP contribution >= 0.6 is 0 Å². The molecule has 0 aromatic carbocycles. The fourth-order valence-electron chi connectivity index (χ4n) is 2.81. The first-order valence-electron chi connectivity index (χ1n) is 10.1. The molecule has 0 fully saturated rings. The first kappa shape index (κ1) is 29.9. The van der Waals surface area contributed by atoms with Gasteiger partial charge in [-0.25, -0.2) is 0 Å². The Hall–Kier alpha value is 0.106. The molecular formula is C22H45NOOs. The SMILES string of the molecule is [CH2-]CC(C)(C)NC(=O)CCCCCCCCCCCCCCC.[CH3-].[Os+2]. The number of hydrogen-bond acceptors (Lipinski definition) is 1. The van der Waals surface area contributed by atoms with Crippen LogP contribution in [0.5, 0.6) is 0 Å². The molecular weight excluding hydrogens is 484 g/mol. The second kappa shape index (κ2) is 20.4. The van der Waals surface area contributed by atoms with Gasteiger partial charge < -0.3 is 19.7 Å². The van der Waals surface area contributed by atoms with Crippen LogP contribution in [0.3, 0.4) is 0 Å². The van der Waals surface area contributed by atoms with Crippen molar-refractivity contribution in [2.45, 2.75) is 123 Å². The number of rotatable bonds is 16. The van der Waals surface area contributed by atoms with Gasteiger partial charge in [0.1, 0.15) is 0 Å². The van der Waals surface area contributed by atoms with Crippen LogP contribution in [0.2, 0.25) is 0 Å². The topological polar surface area (TPSA) is 29.1 Å². The predicted octanol–water partition coefficient (Wildman–Crippen LogP) is 7.03. The molecule has 0 aliphatic heterocycles. The standard InChI is InChI=1S/C21H42NO.CH3.Os/c1-5-7-8-9-10-11-12-13-14-15-16-17-18-19-20(23)22-21(3,4)6-2;;/h2,5-19H2,1,3-4H3,(H,22,23);1H3;/q2*-1;+2. The maximum Gasteiger partial charge on any atom is 2.00 e. The van der Waals surface area contributed by atoms with Crippen LogP contribution in [-0.2, 0) is 24.6 Å². The Morgan fingerprint density at radius 3 is 1.52 bits per heavy atom. The van der Waals surface area contributed by atoms with Gasteiger partial charge in [0.2, 0.25) is 5.91 Å². The molecule has 0 aliphatic rings. The van der Waals surface area contributed by atoms with Crippen molar-refractivity contribution in [1.82, 2.24) is 5.32 Å². The minimum atomic E-state index is -0.159. The molecule has 152 valence electrons. The van der Waals surface area contributed by atoms with Crippen molar-refractivity contribution < 1.29 is 24.6 Å². The largest absolute Gasteiger partial charge is 2.00 e. The molecule has 1 amide bonds. The van der Waals surface area contributed by atoms with Gasteiger partial charge in [-0.2, -0.15) is 6.42 Å². The van der Waals surface area contributed by atoms with Crippen LogP contribution in [0, 0.1) is 14.4 Å². The Kier molecular flexibility index (Phi) is 24.4.